The van der Waals surface area contributed by atoms with Crippen molar-refractivity contribution in [2.75, 3.05) is 6.61 Å². The van der Waals surface area contributed by atoms with Crippen LogP contribution in [0.1, 0.15) is 20.3 Å². The monoisotopic (exact) mass is 200 g/mol. The Labute approximate surface area is 81.1 Å². The van der Waals surface area contributed by atoms with Crippen LogP contribution >= 0.6 is 0 Å². The predicted octanol–water partition coefficient (Wildman–Crippen LogP) is 0.678. The molecule has 0 radical (unpaired) electrons. The van der Waals surface area contributed by atoms with Crippen LogP contribution in [0.25, 0.3) is 0 Å². The molecule has 6 nitrogen and oxygen atoms in total. The lowest BCUT2D eigenvalue weighted by Crippen LogP contribution is -2.31. The summed E-state index contributed by atoms with van der Waals surface area (Å²) in [4.78, 5) is 21.8. The maximum atomic E-state index is 11.2. The Hall–Kier alpha value is -1.59. The molecule has 0 spiro atoms. The Morgan fingerprint density at radius 3 is 2.79 bits per heavy atom. The third-order valence-corrected chi connectivity index (χ3v) is 1.84. The average molecular weight is 200 g/mol. The molecule has 0 fully saturated rings. The molecule has 1 unspecified atom stereocenters. The molecule has 6 heteroatoms. The van der Waals surface area contributed by atoms with E-state index >= 15 is 0 Å². The number of carbonyl (C=O) groups excluding carboxylic acids is 1. The number of hydrogen-bond donors (Lipinski definition) is 1. The fraction of sp³-hybridized carbons (Fsp3) is 0.625. The van der Waals surface area contributed by atoms with Crippen LogP contribution in [-0.4, -0.2) is 40.5 Å². The first-order chi connectivity index (χ1) is 6.56. The van der Waals surface area contributed by atoms with Crippen LogP contribution in [0.5, 0.6) is 0 Å². The molecule has 0 aliphatic carbocycles. The summed E-state index contributed by atoms with van der Waals surface area (Å²) in [6.45, 7) is 3.65. The zero-order valence-corrected chi connectivity index (χ0v) is 8.06. The number of aliphatic carboxylic acids is 1. The number of rotatable bonds is 2. The van der Waals surface area contributed by atoms with E-state index < -0.39 is 12.1 Å². The second-order valence-corrected chi connectivity index (χ2v) is 2.95. The summed E-state index contributed by atoms with van der Waals surface area (Å²) in [6, 6.07) is -0.250. The zero-order valence-electron chi connectivity index (χ0n) is 8.06. The first-order valence-corrected chi connectivity index (χ1v) is 4.33. The molecule has 1 aliphatic rings. The van der Waals surface area contributed by atoms with E-state index in [1.165, 1.54) is 0 Å². The van der Waals surface area contributed by atoms with Crippen molar-refractivity contribution >= 4 is 17.8 Å². The van der Waals surface area contributed by atoms with Crippen molar-refractivity contribution in [3.05, 3.63) is 0 Å². The number of carbonyl (C=O) groups is 2. The molecule has 0 aromatic rings. The normalized spacial score (nSPS) is 20.6. The summed E-state index contributed by atoms with van der Waals surface area (Å²) in [7, 11) is 0. The Morgan fingerprint density at radius 1 is 1.71 bits per heavy atom. The summed E-state index contributed by atoms with van der Waals surface area (Å²) in [5, 5.41) is 13.4. The number of hydrazone groups is 1. The molecule has 14 heavy (non-hydrogen) atoms. The standard InChI is InChI=1S/C8H12N2O4/c1-3-14-8(13)10-5(2)4-6(9-10)7(11)12/h5H,3-4H2,1-2H3,(H,11,12). The number of hydrogen-bond acceptors (Lipinski definition) is 4. The van der Waals surface area contributed by atoms with Gasteiger partial charge in [0.25, 0.3) is 0 Å². The molecule has 78 valence electrons. The van der Waals surface area contributed by atoms with Gasteiger partial charge in [0.1, 0.15) is 5.71 Å². The van der Waals surface area contributed by atoms with E-state index in [2.05, 4.69) is 5.10 Å². The lowest BCUT2D eigenvalue weighted by atomic mass is 10.2. The second kappa shape index (κ2) is 4.08. The minimum absolute atomic E-state index is 0.00875. The molecule has 1 atom stereocenters. The number of amides is 1. The van der Waals surface area contributed by atoms with E-state index in [4.69, 9.17) is 9.84 Å². The van der Waals surface area contributed by atoms with Crippen LogP contribution < -0.4 is 0 Å². The molecule has 1 rings (SSSR count). The maximum absolute atomic E-state index is 11.2. The minimum atomic E-state index is -1.09. The van der Waals surface area contributed by atoms with Crippen LogP contribution in [0.15, 0.2) is 5.10 Å². The highest BCUT2D eigenvalue weighted by atomic mass is 16.6. The Bertz CT molecular complexity index is 287. The third kappa shape index (κ3) is 2.01. The molecule has 0 aromatic carbocycles. The van der Waals surface area contributed by atoms with Gasteiger partial charge in [-0.1, -0.05) is 0 Å². The first kappa shape index (κ1) is 10.5. The third-order valence-electron chi connectivity index (χ3n) is 1.84. The Kier molecular flexibility index (Phi) is 3.06. The SMILES string of the molecule is CCOC(=O)N1N=C(C(=O)O)CC1C. The zero-order chi connectivity index (χ0) is 10.7. The van der Waals surface area contributed by atoms with Crippen molar-refractivity contribution in [3.63, 3.8) is 0 Å². The summed E-state index contributed by atoms with van der Waals surface area (Å²) in [5.74, 6) is -1.09. The van der Waals surface area contributed by atoms with Gasteiger partial charge in [-0.25, -0.2) is 9.59 Å². The predicted molar refractivity (Wildman–Crippen MR) is 48.0 cm³/mol. The van der Waals surface area contributed by atoms with Crippen LogP contribution in [0.2, 0.25) is 0 Å². The topological polar surface area (TPSA) is 79.2 Å². The molecule has 0 saturated carbocycles. The molecule has 1 aliphatic heterocycles. The minimum Gasteiger partial charge on any atom is -0.477 e. The van der Waals surface area contributed by atoms with Crippen molar-refractivity contribution in [2.24, 2.45) is 5.10 Å². The van der Waals surface area contributed by atoms with Crippen molar-refractivity contribution in [1.29, 1.82) is 0 Å². The van der Waals surface area contributed by atoms with Crippen LogP contribution in [-0.2, 0) is 9.53 Å². The number of nitrogens with zero attached hydrogens (tertiary/aromatic N) is 2. The largest absolute Gasteiger partial charge is 0.477 e. The molecule has 0 bridgehead atoms. The van der Waals surface area contributed by atoms with Gasteiger partial charge in [0.15, 0.2) is 0 Å². The number of ether oxygens (including phenoxy) is 1. The van der Waals surface area contributed by atoms with Gasteiger partial charge in [-0.2, -0.15) is 10.1 Å². The van der Waals surface area contributed by atoms with Crippen LogP contribution in [0.4, 0.5) is 4.79 Å². The molecule has 1 amide bonds. The maximum Gasteiger partial charge on any atom is 0.430 e. The van der Waals surface area contributed by atoms with E-state index in [0.717, 1.165) is 5.01 Å². The van der Waals surface area contributed by atoms with Crippen LogP contribution in [0, 0.1) is 0 Å². The van der Waals surface area contributed by atoms with E-state index in [1.54, 1.807) is 13.8 Å². The summed E-state index contributed by atoms with van der Waals surface area (Å²) in [5.41, 5.74) is -0.00875. The molecular formula is C8H12N2O4. The van der Waals surface area contributed by atoms with Gasteiger partial charge < -0.3 is 9.84 Å². The molecule has 0 aromatic heterocycles. The van der Waals surface area contributed by atoms with Crippen molar-refractivity contribution < 1.29 is 19.4 Å². The number of carboxylic acids is 1. The molecular weight excluding hydrogens is 188 g/mol. The second-order valence-electron chi connectivity index (χ2n) is 2.95. The van der Waals surface area contributed by atoms with E-state index in [1.807, 2.05) is 0 Å². The van der Waals surface area contributed by atoms with E-state index in [9.17, 15) is 9.59 Å². The van der Waals surface area contributed by atoms with Gasteiger partial charge >= 0.3 is 12.1 Å². The molecule has 1 N–H and O–H groups in total. The van der Waals surface area contributed by atoms with Gasteiger partial charge in [0, 0.05) is 6.42 Å². The quantitative estimate of drug-likeness (QED) is 0.710. The smallest absolute Gasteiger partial charge is 0.430 e. The highest BCUT2D eigenvalue weighted by Crippen LogP contribution is 2.16. The average Bonchev–Trinajstić information content (AvgIpc) is 2.48. The highest BCUT2D eigenvalue weighted by Gasteiger charge is 2.31. The van der Waals surface area contributed by atoms with Gasteiger partial charge in [-0.15, -0.1) is 0 Å². The van der Waals surface area contributed by atoms with Gasteiger partial charge in [0.05, 0.1) is 12.6 Å². The van der Waals surface area contributed by atoms with Gasteiger partial charge in [0.2, 0.25) is 0 Å². The van der Waals surface area contributed by atoms with E-state index in [0.29, 0.717) is 0 Å². The highest BCUT2D eigenvalue weighted by molar-refractivity contribution is 6.36. The van der Waals surface area contributed by atoms with Crippen molar-refractivity contribution in [3.8, 4) is 0 Å². The lowest BCUT2D eigenvalue weighted by molar-refractivity contribution is -0.129. The van der Waals surface area contributed by atoms with Crippen molar-refractivity contribution in [2.45, 2.75) is 26.3 Å². The van der Waals surface area contributed by atoms with E-state index in [-0.39, 0.29) is 24.8 Å². The molecule has 1 heterocycles. The van der Waals surface area contributed by atoms with Crippen LogP contribution in [0.3, 0.4) is 0 Å². The fourth-order valence-corrected chi connectivity index (χ4v) is 1.18. The fourth-order valence-electron chi connectivity index (χ4n) is 1.18. The Balaban J connectivity index is 2.71. The first-order valence-electron chi connectivity index (χ1n) is 4.33. The summed E-state index contributed by atoms with van der Waals surface area (Å²) >= 11 is 0. The van der Waals surface area contributed by atoms with Gasteiger partial charge in [-0.3, -0.25) is 0 Å². The van der Waals surface area contributed by atoms with Crippen molar-refractivity contribution in [1.82, 2.24) is 5.01 Å². The Morgan fingerprint density at radius 2 is 2.36 bits per heavy atom. The van der Waals surface area contributed by atoms with Gasteiger partial charge in [-0.05, 0) is 13.8 Å². The lowest BCUT2D eigenvalue weighted by Gasteiger charge is -2.16. The number of carboxylic acid groups (broad SMARTS) is 1. The summed E-state index contributed by atoms with van der Waals surface area (Å²) < 4.78 is 4.71. The summed E-state index contributed by atoms with van der Waals surface area (Å²) in [6.07, 6.45) is -0.343. The molecule has 0 saturated heterocycles.